The molecule has 0 fully saturated rings. The summed E-state index contributed by atoms with van der Waals surface area (Å²) >= 11 is 1.37. The molecule has 0 saturated carbocycles. The zero-order valence-corrected chi connectivity index (χ0v) is 17.4. The Hall–Kier alpha value is -3.04. The van der Waals surface area contributed by atoms with Crippen LogP contribution in [0.2, 0.25) is 0 Å². The highest BCUT2D eigenvalue weighted by Gasteiger charge is 2.17. The molecule has 1 amide bonds. The Morgan fingerprint density at radius 3 is 2.59 bits per heavy atom. The summed E-state index contributed by atoms with van der Waals surface area (Å²) < 4.78 is 24.9. The first-order valence-electron chi connectivity index (χ1n) is 8.79. The molecular formula is C20H18N4O3S2. The number of amides is 1. The summed E-state index contributed by atoms with van der Waals surface area (Å²) in [5.74, 6) is -0.272. The number of pyridine rings is 1. The quantitative estimate of drug-likeness (QED) is 0.527. The molecule has 0 aliphatic heterocycles. The van der Waals surface area contributed by atoms with Crippen molar-refractivity contribution in [2.45, 2.75) is 18.5 Å². The Labute approximate surface area is 171 Å². The fourth-order valence-corrected chi connectivity index (χ4v) is 4.57. The van der Waals surface area contributed by atoms with Crippen molar-refractivity contribution in [2.75, 3.05) is 11.6 Å². The van der Waals surface area contributed by atoms with Gasteiger partial charge in [-0.2, -0.15) is 5.10 Å². The van der Waals surface area contributed by atoms with Crippen LogP contribution in [0.3, 0.4) is 0 Å². The van der Waals surface area contributed by atoms with E-state index >= 15 is 0 Å². The molecule has 0 unspecified atom stereocenters. The minimum Gasteiger partial charge on any atom is -0.320 e. The van der Waals surface area contributed by atoms with E-state index in [9.17, 15) is 13.2 Å². The van der Waals surface area contributed by atoms with Gasteiger partial charge in [-0.05, 0) is 30.7 Å². The van der Waals surface area contributed by atoms with Crippen molar-refractivity contribution in [3.63, 3.8) is 0 Å². The number of anilines is 1. The second-order valence-electron chi connectivity index (χ2n) is 6.67. The standard InChI is InChI=1S/C20H18N4O3S2/c1-13-16-10-17(19(25)22-15-8-9-18(21-11-15)29(2,26)27)28-20(16)24(23-13)12-14-6-4-3-5-7-14/h3-11H,12H2,1-2H3,(H,22,25). The number of thiophene rings is 1. The molecule has 1 N–H and O–H groups in total. The van der Waals surface area contributed by atoms with E-state index < -0.39 is 9.84 Å². The summed E-state index contributed by atoms with van der Waals surface area (Å²) in [5.41, 5.74) is 2.43. The third-order valence-electron chi connectivity index (χ3n) is 4.38. The lowest BCUT2D eigenvalue weighted by molar-refractivity contribution is 0.103. The molecule has 4 rings (SSSR count). The lowest BCUT2D eigenvalue weighted by atomic mass is 10.2. The fourth-order valence-electron chi connectivity index (χ4n) is 2.95. The van der Waals surface area contributed by atoms with E-state index in [1.165, 1.54) is 29.7 Å². The summed E-state index contributed by atoms with van der Waals surface area (Å²) in [6, 6.07) is 14.7. The molecule has 148 valence electrons. The van der Waals surface area contributed by atoms with Crippen LogP contribution in [-0.2, 0) is 16.4 Å². The summed E-state index contributed by atoms with van der Waals surface area (Å²) in [6.45, 7) is 2.55. The van der Waals surface area contributed by atoms with Gasteiger partial charge in [0.2, 0.25) is 0 Å². The van der Waals surface area contributed by atoms with Crippen LogP contribution < -0.4 is 5.32 Å². The van der Waals surface area contributed by atoms with E-state index in [4.69, 9.17) is 0 Å². The van der Waals surface area contributed by atoms with Crippen molar-refractivity contribution in [1.29, 1.82) is 0 Å². The maximum absolute atomic E-state index is 12.7. The van der Waals surface area contributed by atoms with Crippen LogP contribution in [0.5, 0.6) is 0 Å². The minimum absolute atomic E-state index is 0.0333. The Morgan fingerprint density at radius 2 is 1.93 bits per heavy atom. The van der Waals surface area contributed by atoms with Crippen molar-refractivity contribution in [1.82, 2.24) is 14.8 Å². The third kappa shape index (κ3) is 4.06. The molecule has 0 aliphatic carbocycles. The first-order chi connectivity index (χ1) is 13.8. The predicted octanol–water partition coefficient (Wildman–Crippen LogP) is 3.51. The topological polar surface area (TPSA) is 94.0 Å². The second-order valence-corrected chi connectivity index (χ2v) is 9.66. The number of aryl methyl sites for hydroxylation is 1. The van der Waals surface area contributed by atoms with Crippen molar-refractivity contribution in [2.24, 2.45) is 0 Å². The lowest BCUT2D eigenvalue weighted by Crippen LogP contribution is -2.11. The van der Waals surface area contributed by atoms with Crippen LogP contribution in [-0.4, -0.2) is 35.3 Å². The highest BCUT2D eigenvalue weighted by molar-refractivity contribution is 7.90. The predicted molar refractivity (Wildman–Crippen MR) is 113 cm³/mol. The number of benzene rings is 1. The van der Waals surface area contributed by atoms with Gasteiger partial charge >= 0.3 is 0 Å². The second kappa shape index (κ2) is 7.41. The Morgan fingerprint density at radius 1 is 1.17 bits per heavy atom. The van der Waals surface area contributed by atoms with Crippen molar-refractivity contribution in [3.8, 4) is 0 Å². The van der Waals surface area contributed by atoms with E-state index in [0.717, 1.165) is 27.7 Å². The van der Waals surface area contributed by atoms with Crippen molar-refractivity contribution >= 4 is 43.0 Å². The molecule has 0 atom stereocenters. The van der Waals surface area contributed by atoms with Crippen LogP contribution in [0.15, 0.2) is 59.8 Å². The average molecular weight is 427 g/mol. The minimum atomic E-state index is -3.38. The number of fused-ring (bicyclic) bond motifs is 1. The maximum atomic E-state index is 12.7. The van der Waals surface area contributed by atoms with Crippen LogP contribution in [0.1, 0.15) is 20.9 Å². The molecule has 3 aromatic heterocycles. The number of nitrogens with zero attached hydrogens (tertiary/aromatic N) is 3. The number of rotatable bonds is 5. The largest absolute Gasteiger partial charge is 0.320 e. The molecule has 0 bridgehead atoms. The summed E-state index contributed by atoms with van der Waals surface area (Å²) in [4.78, 5) is 18.0. The number of hydrogen-bond acceptors (Lipinski definition) is 6. The van der Waals surface area contributed by atoms with Gasteiger partial charge < -0.3 is 5.32 Å². The lowest BCUT2D eigenvalue weighted by Gasteiger charge is -2.04. The summed E-state index contributed by atoms with van der Waals surface area (Å²) in [6.07, 6.45) is 2.43. The smallest absolute Gasteiger partial charge is 0.265 e. The zero-order chi connectivity index (χ0) is 20.6. The highest BCUT2D eigenvalue weighted by Crippen LogP contribution is 2.29. The Balaban J connectivity index is 1.58. The van der Waals surface area contributed by atoms with Crippen LogP contribution in [0, 0.1) is 6.92 Å². The van der Waals surface area contributed by atoms with Gasteiger partial charge in [-0.15, -0.1) is 11.3 Å². The van der Waals surface area contributed by atoms with E-state index in [2.05, 4.69) is 15.4 Å². The molecule has 4 aromatic rings. The highest BCUT2D eigenvalue weighted by atomic mass is 32.2. The van der Waals surface area contributed by atoms with Gasteiger partial charge in [-0.3, -0.25) is 9.48 Å². The van der Waals surface area contributed by atoms with Crippen LogP contribution >= 0.6 is 11.3 Å². The van der Waals surface area contributed by atoms with Gasteiger partial charge in [0, 0.05) is 11.6 Å². The van der Waals surface area contributed by atoms with Gasteiger partial charge in [0.15, 0.2) is 14.9 Å². The van der Waals surface area contributed by atoms with Gasteiger partial charge in [-0.25, -0.2) is 13.4 Å². The molecule has 9 heteroatoms. The first-order valence-corrected chi connectivity index (χ1v) is 11.5. The zero-order valence-electron chi connectivity index (χ0n) is 15.8. The number of carbonyl (C=O) groups excluding carboxylic acids is 1. The number of sulfone groups is 1. The molecule has 0 aliphatic rings. The summed E-state index contributed by atoms with van der Waals surface area (Å²) in [5, 5.41) is 8.26. The SMILES string of the molecule is Cc1nn(Cc2ccccc2)c2sc(C(=O)Nc3ccc(S(C)(=O)=O)nc3)cc12. The molecule has 7 nitrogen and oxygen atoms in total. The van der Waals surface area contributed by atoms with Gasteiger partial charge in [0.1, 0.15) is 4.83 Å². The monoisotopic (exact) mass is 426 g/mol. The van der Waals surface area contributed by atoms with E-state index in [0.29, 0.717) is 17.1 Å². The molecular weight excluding hydrogens is 408 g/mol. The average Bonchev–Trinajstić information content (AvgIpc) is 3.24. The van der Waals surface area contributed by atoms with Gasteiger partial charge in [-0.1, -0.05) is 30.3 Å². The molecule has 3 heterocycles. The number of aromatic nitrogens is 3. The van der Waals surface area contributed by atoms with Crippen molar-refractivity contribution < 1.29 is 13.2 Å². The molecule has 0 saturated heterocycles. The van der Waals surface area contributed by atoms with Gasteiger partial charge in [0.05, 0.1) is 29.0 Å². The molecule has 1 aromatic carbocycles. The number of carbonyl (C=O) groups is 1. The number of nitrogens with one attached hydrogen (secondary N) is 1. The van der Waals surface area contributed by atoms with Crippen LogP contribution in [0.25, 0.3) is 10.2 Å². The van der Waals surface area contributed by atoms with Gasteiger partial charge in [0.25, 0.3) is 5.91 Å². The van der Waals surface area contributed by atoms with E-state index in [1.54, 1.807) is 0 Å². The Bertz CT molecular complexity index is 1290. The number of hydrogen-bond donors (Lipinski definition) is 1. The molecule has 29 heavy (non-hydrogen) atoms. The Kier molecular flexibility index (Phi) is 4.93. The first kappa shape index (κ1) is 19.3. The van der Waals surface area contributed by atoms with Crippen molar-refractivity contribution in [3.05, 3.63) is 70.9 Å². The third-order valence-corrected chi connectivity index (χ3v) is 6.53. The van der Waals surface area contributed by atoms with Crippen LogP contribution in [0.4, 0.5) is 5.69 Å². The summed E-state index contributed by atoms with van der Waals surface area (Å²) in [7, 11) is -3.38. The normalized spacial score (nSPS) is 11.7. The van der Waals surface area contributed by atoms with E-state index in [-0.39, 0.29) is 10.9 Å². The molecule has 0 spiro atoms. The fraction of sp³-hybridized carbons (Fsp3) is 0.150. The van der Waals surface area contributed by atoms with E-state index in [1.807, 2.05) is 48.0 Å². The maximum Gasteiger partial charge on any atom is 0.265 e. The molecule has 0 radical (unpaired) electrons.